The molecule has 0 aliphatic carbocycles. The molecule has 4 aromatic rings. The summed E-state index contributed by atoms with van der Waals surface area (Å²) in [5.74, 6) is 0. The predicted molar refractivity (Wildman–Crippen MR) is 151 cm³/mol. The molecule has 0 unspecified atom stereocenters. The smallest absolute Gasteiger partial charge is 0.0993 e. The molecule has 190 valence electrons. The molecule has 1 heterocycles. The van der Waals surface area contributed by atoms with E-state index in [4.69, 9.17) is 14.2 Å². The second-order valence-electron chi connectivity index (χ2n) is 9.43. The first-order chi connectivity index (χ1) is 18.3. The van der Waals surface area contributed by atoms with Crippen molar-refractivity contribution in [2.45, 2.75) is 48.9 Å². The van der Waals surface area contributed by atoms with E-state index in [9.17, 15) is 0 Å². The van der Waals surface area contributed by atoms with E-state index in [0.717, 1.165) is 6.42 Å². The first-order valence-electron chi connectivity index (χ1n) is 13.0. The van der Waals surface area contributed by atoms with Crippen molar-refractivity contribution in [3.05, 3.63) is 144 Å². The molecule has 0 saturated carbocycles. The zero-order valence-electron chi connectivity index (χ0n) is 21.0. The number of hydrogen-bond acceptors (Lipinski definition) is 4. The minimum absolute atomic E-state index is 0.0422. The molecule has 1 saturated heterocycles. The maximum atomic E-state index is 6.67. The van der Waals surface area contributed by atoms with E-state index in [1.807, 2.05) is 30.0 Å². The highest BCUT2D eigenvalue weighted by molar-refractivity contribution is 8.01. The van der Waals surface area contributed by atoms with Crippen molar-refractivity contribution < 1.29 is 14.2 Å². The van der Waals surface area contributed by atoms with Crippen molar-refractivity contribution in [3.8, 4) is 0 Å². The lowest BCUT2D eigenvalue weighted by atomic mass is 10.0. The Morgan fingerprint density at radius 3 is 1.35 bits per heavy atom. The lowest BCUT2D eigenvalue weighted by Gasteiger charge is -2.27. The van der Waals surface area contributed by atoms with Crippen molar-refractivity contribution in [3.63, 3.8) is 0 Å². The SMILES string of the molecule is c1ccc(COC[C@H]2S[C@@H](Cc3ccccc3)[C@@H](OCc3ccccc3)[C@@H]2OCc2ccccc2)cc1. The van der Waals surface area contributed by atoms with Gasteiger partial charge in [0.25, 0.3) is 0 Å². The topological polar surface area (TPSA) is 27.7 Å². The molecule has 3 nitrogen and oxygen atoms in total. The van der Waals surface area contributed by atoms with E-state index < -0.39 is 0 Å². The molecule has 1 aliphatic heterocycles. The number of ether oxygens (including phenoxy) is 3. The molecule has 0 aromatic heterocycles. The highest BCUT2D eigenvalue weighted by atomic mass is 32.2. The van der Waals surface area contributed by atoms with Crippen LogP contribution in [-0.2, 0) is 40.5 Å². The summed E-state index contributed by atoms with van der Waals surface area (Å²) >= 11 is 1.95. The van der Waals surface area contributed by atoms with E-state index >= 15 is 0 Å². The predicted octanol–water partition coefficient (Wildman–Crippen LogP) is 7.10. The number of rotatable bonds is 12. The summed E-state index contributed by atoms with van der Waals surface area (Å²) < 4.78 is 19.6. The lowest BCUT2D eigenvalue weighted by Crippen LogP contribution is -2.39. The van der Waals surface area contributed by atoms with Gasteiger partial charge >= 0.3 is 0 Å². The summed E-state index contributed by atoms with van der Waals surface area (Å²) in [5.41, 5.74) is 4.85. The normalized spacial score (nSPS) is 21.2. The Morgan fingerprint density at radius 2 is 0.865 bits per heavy atom. The van der Waals surface area contributed by atoms with Crippen molar-refractivity contribution in [1.29, 1.82) is 0 Å². The maximum Gasteiger partial charge on any atom is 0.0993 e. The summed E-state index contributed by atoms with van der Waals surface area (Å²) in [6.07, 6.45) is 0.823. The third-order valence-electron chi connectivity index (χ3n) is 6.65. The monoisotopic (exact) mass is 510 g/mol. The Bertz CT molecular complexity index is 1170. The lowest BCUT2D eigenvalue weighted by molar-refractivity contribution is -0.0854. The van der Waals surface area contributed by atoms with E-state index in [1.54, 1.807) is 0 Å². The van der Waals surface area contributed by atoms with Crippen LogP contribution in [0.2, 0.25) is 0 Å². The fourth-order valence-electron chi connectivity index (χ4n) is 4.75. The van der Waals surface area contributed by atoms with Crippen LogP contribution in [-0.4, -0.2) is 29.3 Å². The molecule has 37 heavy (non-hydrogen) atoms. The van der Waals surface area contributed by atoms with Gasteiger partial charge < -0.3 is 14.2 Å². The van der Waals surface area contributed by atoms with Crippen molar-refractivity contribution in [2.24, 2.45) is 0 Å². The largest absolute Gasteiger partial charge is 0.376 e. The fraction of sp³-hybridized carbons (Fsp3) is 0.273. The van der Waals surface area contributed by atoms with Crippen LogP contribution in [0.4, 0.5) is 0 Å². The molecule has 0 N–H and O–H groups in total. The van der Waals surface area contributed by atoms with Gasteiger partial charge in [-0.25, -0.2) is 0 Å². The van der Waals surface area contributed by atoms with Crippen LogP contribution in [0.1, 0.15) is 22.3 Å². The van der Waals surface area contributed by atoms with Crippen LogP contribution >= 0.6 is 11.8 Å². The molecular weight excluding hydrogens is 476 g/mol. The maximum absolute atomic E-state index is 6.67. The van der Waals surface area contributed by atoms with Crippen LogP contribution in [0.3, 0.4) is 0 Å². The Morgan fingerprint density at radius 1 is 0.459 bits per heavy atom. The Balaban J connectivity index is 1.33. The Labute approximate surface area is 224 Å². The van der Waals surface area contributed by atoms with Crippen molar-refractivity contribution in [2.75, 3.05) is 6.61 Å². The summed E-state index contributed by atoms with van der Waals surface area (Å²) in [6.45, 7) is 2.35. The molecule has 1 aliphatic rings. The zero-order chi connectivity index (χ0) is 25.1. The van der Waals surface area contributed by atoms with Crippen LogP contribution in [0.5, 0.6) is 0 Å². The minimum Gasteiger partial charge on any atom is -0.376 e. The molecule has 4 heteroatoms. The van der Waals surface area contributed by atoms with Gasteiger partial charge in [-0.3, -0.25) is 0 Å². The molecule has 0 spiro atoms. The standard InChI is InChI=1S/C33H34O3S/c1-5-13-26(14-6-1)21-30-32(35-23-28-17-9-3-10-18-28)33(36-24-29-19-11-4-12-20-29)31(37-30)25-34-22-27-15-7-2-8-16-27/h1-20,30-33H,21-25H2/t30-,31+,32+,33+/m0/s1. The summed E-state index contributed by atoms with van der Waals surface area (Å²) in [6, 6.07) is 41.8. The quantitative estimate of drug-likeness (QED) is 0.203. The van der Waals surface area contributed by atoms with Gasteiger partial charge in [-0.05, 0) is 28.7 Å². The van der Waals surface area contributed by atoms with Gasteiger partial charge in [-0.1, -0.05) is 121 Å². The average molecular weight is 511 g/mol. The molecule has 0 amide bonds. The molecule has 5 rings (SSSR count). The van der Waals surface area contributed by atoms with Gasteiger partial charge in [0.2, 0.25) is 0 Å². The van der Waals surface area contributed by atoms with E-state index in [-0.39, 0.29) is 22.7 Å². The van der Waals surface area contributed by atoms with Gasteiger partial charge in [-0.2, -0.15) is 0 Å². The van der Waals surface area contributed by atoms with Crippen molar-refractivity contribution >= 4 is 11.8 Å². The second kappa shape index (κ2) is 13.6. The van der Waals surface area contributed by atoms with Gasteiger partial charge in [-0.15, -0.1) is 11.8 Å². The minimum atomic E-state index is -0.0709. The molecule has 0 bridgehead atoms. The third kappa shape index (κ3) is 7.56. The molecular formula is C33H34O3S. The Kier molecular flexibility index (Phi) is 9.46. The van der Waals surface area contributed by atoms with Gasteiger partial charge in [0.15, 0.2) is 0 Å². The summed E-state index contributed by atoms with van der Waals surface area (Å²) in [5, 5.41) is 0.458. The highest BCUT2D eigenvalue weighted by Gasteiger charge is 2.45. The molecule has 4 atom stereocenters. The van der Waals surface area contributed by atoms with Gasteiger partial charge in [0.05, 0.1) is 43.9 Å². The Hall–Kier alpha value is -2.89. The first kappa shape index (κ1) is 25.7. The number of thioether (sulfide) groups is 1. The third-order valence-corrected chi connectivity index (χ3v) is 8.19. The summed E-state index contributed by atoms with van der Waals surface area (Å²) in [7, 11) is 0. The molecule has 4 aromatic carbocycles. The van der Waals surface area contributed by atoms with Crippen LogP contribution in [0.15, 0.2) is 121 Å². The van der Waals surface area contributed by atoms with Crippen LogP contribution in [0, 0.1) is 0 Å². The molecule has 0 radical (unpaired) electrons. The highest BCUT2D eigenvalue weighted by Crippen LogP contribution is 2.41. The zero-order valence-corrected chi connectivity index (χ0v) is 21.8. The van der Waals surface area contributed by atoms with E-state index in [1.165, 1.54) is 22.3 Å². The number of hydrogen-bond donors (Lipinski definition) is 0. The summed E-state index contributed by atoms with van der Waals surface area (Å²) in [4.78, 5) is 0. The van der Waals surface area contributed by atoms with Crippen molar-refractivity contribution in [1.82, 2.24) is 0 Å². The van der Waals surface area contributed by atoms with E-state index in [0.29, 0.717) is 26.4 Å². The first-order valence-corrected chi connectivity index (χ1v) is 13.9. The van der Waals surface area contributed by atoms with Gasteiger partial charge in [0, 0.05) is 5.25 Å². The fourth-order valence-corrected chi connectivity index (χ4v) is 6.44. The second-order valence-corrected chi connectivity index (χ2v) is 10.9. The number of benzene rings is 4. The average Bonchev–Trinajstić information content (AvgIpc) is 3.28. The van der Waals surface area contributed by atoms with Crippen LogP contribution in [0.25, 0.3) is 0 Å². The van der Waals surface area contributed by atoms with Gasteiger partial charge in [0.1, 0.15) is 0 Å². The molecule has 1 fully saturated rings. The van der Waals surface area contributed by atoms with Crippen LogP contribution < -0.4 is 0 Å². The van der Waals surface area contributed by atoms with E-state index in [2.05, 4.69) is 103 Å².